The third kappa shape index (κ3) is 2.19. The van der Waals surface area contributed by atoms with Gasteiger partial charge in [-0.2, -0.15) is 0 Å². The fourth-order valence-electron chi connectivity index (χ4n) is 4.97. The highest BCUT2D eigenvalue weighted by atomic mass is 16.5. The van der Waals surface area contributed by atoms with Gasteiger partial charge in [-0.15, -0.1) is 0 Å². The minimum atomic E-state index is 0.640. The van der Waals surface area contributed by atoms with E-state index in [4.69, 9.17) is 14.5 Å². The van der Waals surface area contributed by atoms with Crippen molar-refractivity contribution >= 4 is 21.5 Å². The quantitative estimate of drug-likeness (QED) is 0.343. The molecule has 2 aliphatic rings. The van der Waals surface area contributed by atoms with Crippen molar-refractivity contribution in [3.63, 3.8) is 0 Å². The number of benzene rings is 3. The van der Waals surface area contributed by atoms with E-state index >= 15 is 0 Å². The summed E-state index contributed by atoms with van der Waals surface area (Å²) >= 11 is 0. The summed E-state index contributed by atoms with van der Waals surface area (Å²) in [6.45, 7) is 0. The van der Waals surface area contributed by atoms with E-state index in [1.54, 1.807) is 7.11 Å². The summed E-state index contributed by atoms with van der Waals surface area (Å²) in [5.41, 5.74) is 3.37. The molecule has 1 fully saturated rings. The lowest BCUT2D eigenvalue weighted by Gasteiger charge is -2.24. The molecule has 0 bridgehead atoms. The van der Waals surface area contributed by atoms with E-state index in [0.29, 0.717) is 5.92 Å². The summed E-state index contributed by atoms with van der Waals surface area (Å²) in [7, 11) is 1.71. The van der Waals surface area contributed by atoms with Crippen molar-refractivity contribution in [2.75, 3.05) is 7.11 Å². The normalized spacial score (nSPS) is 15.6. The van der Waals surface area contributed by atoms with Crippen LogP contribution in [0.25, 0.3) is 32.8 Å². The van der Waals surface area contributed by atoms with Gasteiger partial charge in [-0.25, -0.2) is 0 Å². The van der Waals surface area contributed by atoms with Crippen LogP contribution in [0, 0.1) is 0 Å². The molecule has 1 aromatic heterocycles. The lowest BCUT2D eigenvalue weighted by molar-refractivity contribution is 0.384. The molecular formula is C25H21NO2. The van der Waals surface area contributed by atoms with Crippen LogP contribution in [-0.4, -0.2) is 12.1 Å². The van der Waals surface area contributed by atoms with Gasteiger partial charge in [0.1, 0.15) is 5.75 Å². The molecule has 0 atom stereocenters. The van der Waals surface area contributed by atoms with Gasteiger partial charge in [-0.1, -0.05) is 43.2 Å². The zero-order valence-corrected chi connectivity index (χ0v) is 15.9. The van der Waals surface area contributed by atoms with Crippen LogP contribution in [0.5, 0.6) is 17.2 Å². The number of rotatable bonds is 2. The third-order valence-corrected chi connectivity index (χ3v) is 6.30. The maximum Gasteiger partial charge on any atom is 0.179 e. The van der Waals surface area contributed by atoms with E-state index in [9.17, 15) is 0 Å². The Morgan fingerprint density at radius 2 is 1.86 bits per heavy atom. The molecule has 1 aliphatic heterocycles. The molecule has 0 unspecified atom stereocenters. The van der Waals surface area contributed by atoms with Crippen LogP contribution in [0.1, 0.15) is 37.2 Å². The smallest absolute Gasteiger partial charge is 0.179 e. The largest absolute Gasteiger partial charge is 0.492 e. The summed E-state index contributed by atoms with van der Waals surface area (Å²) < 4.78 is 12.3. The minimum absolute atomic E-state index is 0.640. The Morgan fingerprint density at radius 3 is 2.71 bits per heavy atom. The zero-order chi connectivity index (χ0) is 18.7. The number of fused-ring (bicyclic) bond motifs is 3. The third-order valence-electron chi connectivity index (χ3n) is 6.30. The molecule has 6 rings (SSSR count). The Hall–Kier alpha value is -3.07. The SMILES string of the molecule is COc1c2c(cc3ccccc13)-c1nccc3cc(C4CCCC4)cc(c13)O2. The van der Waals surface area contributed by atoms with Crippen molar-refractivity contribution in [3.8, 4) is 28.5 Å². The van der Waals surface area contributed by atoms with Gasteiger partial charge < -0.3 is 9.47 Å². The Balaban J connectivity index is 1.66. The van der Waals surface area contributed by atoms with E-state index < -0.39 is 0 Å². The molecule has 0 saturated heterocycles. The molecule has 0 N–H and O–H groups in total. The first kappa shape index (κ1) is 15.9. The Kier molecular flexibility index (Phi) is 3.39. The van der Waals surface area contributed by atoms with Crippen LogP contribution in [0.4, 0.5) is 0 Å². The molecule has 1 saturated carbocycles. The van der Waals surface area contributed by atoms with Crippen LogP contribution in [0.15, 0.2) is 54.7 Å². The van der Waals surface area contributed by atoms with E-state index in [-0.39, 0.29) is 0 Å². The monoisotopic (exact) mass is 367 g/mol. The molecule has 0 radical (unpaired) electrons. The van der Waals surface area contributed by atoms with Crippen LogP contribution >= 0.6 is 0 Å². The van der Waals surface area contributed by atoms with Gasteiger partial charge in [0.2, 0.25) is 0 Å². The molecule has 3 nitrogen and oxygen atoms in total. The lowest BCUT2D eigenvalue weighted by Crippen LogP contribution is -2.03. The number of pyridine rings is 1. The van der Waals surface area contributed by atoms with Gasteiger partial charge in [-0.05, 0) is 53.3 Å². The average Bonchev–Trinajstić information content (AvgIpc) is 3.27. The summed E-state index contributed by atoms with van der Waals surface area (Å²) in [6.07, 6.45) is 7.10. The van der Waals surface area contributed by atoms with Gasteiger partial charge in [-0.3, -0.25) is 4.98 Å². The molecule has 0 spiro atoms. The summed E-state index contributed by atoms with van der Waals surface area (Å²) in [5.74, 6) is 3.10. The first-order valence-electron chi connectivity index (χ1n) is 10.0. The van der Waals surface area contributed by atoms with E-state index in [1.807, 2.05) is 18.3 Å². The van der Waals surface area contributed by atoms with Crippen molar-refractivity contribution in [3.05, 3.63) is 60.3 Å². The lowest BCUT2D eigenvalue weighted by atomic mass is 9.91. The number of ether oxygens (including phenoxy) is 2. The summed E-state index contributed by atoms with van der Waals surface area (Å²) in [4.78, 5) is 4.75. The van der Waals surface area contributed by atoms with E-state index in [2.05, 4.69) is 36.4 Å². The van der Waals surface area contributed by atoms with Crippen LogP contribution in [-0.2, 0) is 0 Å². The second-order valence-corrected chi connectivity index (χ2v) is 7.87. The van der Waals surface area contributed by atoms with Crippen molar-refractivity contribution < 1.29 is 9.47 Å². The molecule has 3 aromatic carbocycles. The topological polar surface area (TPSA) is 31.4 Å². The number of hydrogen-bond acceptors (Lipinski definition) is 3. The molecule has 3 heteroatoms. The minimum Gasteiger partial charge on any atom is -0.492 e. The fourth-order valence-corrected chi connectivity index (χ4v) is 4.97. The first-order chi connectivity index (χ1) is 13.8. The molecule has 4 aromatic rings. The molecule has 1 aliphatic carbocycles. The average molecular weight is 367 g/mol. The van der Waals surface area contributed by atoms with Crippen molar-refractivity contribution in [1.29, 1.82) is 0 Å². The second kappa shape index (κ2) is 5.96. The van der Waals surface area contributed by atoms with Gasteiger partial charge in [0, 0.05) is 17.1 Å². The predicted octanol–water partition coefficient (Wildman–Crippen LogP) is 6.83. The Labute approximate surface area is 163 Å². The maximum absolute atomic E-state index is 6.51. The van der Waals surface area contributed by atoms with Crippen LogP contribution < -0.4 is 9.47 Å². The van der Waals surface area contributed by atoms with Gasteiger partial charge in [0.05, 0.1) is 18.2 Å². The van der Waals surface area contributed by atoms with Crippen molar-refractivity contribution in [2.45, 2.75) is 31.6 Å². The zero-order valence-electron chi connectivity index (χ0n) is 15.9. The summed E-state index contributed by atoms with van der Waals surface area (Å²) in [6, 6.07) is 17.1. The van der Waals surface area contributed by atoms with Gasteiger partial charge >= 0.3 is 0 Å². The molecular weight excluding hydrogens is 346 g/mol. The van der Waals surface area contributed by atoms with Crippen LogP contribution in [0.2, 0.25) is 0 Å². The number of hydrogen-bond donors (Lipinski definition) is 0. The first-order valence-corrected chi connectivity index (χ1v) is 10.0. The maximum atomic E-state index is 6.51. The predicted molar refractivity (Wildman–Crippen MR) is 113 cm³/mol. The molecule has 138 valence electrons. The fraction of sp³-hybridized carbons (Fsp3) is 0.240. The highest BCUT2D eigenvalue weighted by Crippen LogP contribution is 2.53. The molecule has 28 heavy (non-hydrogen) atoms. The van der Waals surface area contributed by atoms with E-state index in [0.717, 1.165) is 44.7 Å². The Morgan fingerprint density at radius 1 is 1.00 bits per heavy atom. The second-order valence-electron chi connectivity index (χ2n) is 7.87. The van der Waals surface area contributed by atoms with Crippen molar-refractivity contribution in [1.82, 2.24) is 4.98 Å². The Bertz CT molecular complexity index is 1240. The molecule has 2 heterocycles. The number of methoxy groups -OCH3 is 1. The number of nitrogens with zero attached hydrogens (tertiary/aromatic N) is 1. The van der Waals surface area contributed by atoms with Crippen LogP contribution in [0.3, 0.4) is 0 Å². The number of aromatic nitrogens is 1. The standard InChI is InChI=1S/C25H21NO2/c1-27-24-19-9-5-4-8-16(19)13-20-23-22-17(10-11-26-23)12-18(15-6-2-3-7-15)14-21(22)28-25(20)24/h4-5,8-15H,2-3,6-7H2,1H3. The summed E-state index contributed by atoms with van der Waals surface area (Å²) in [5, 5.41) is 4.51. The van der Waals surface area contributed by atoms with Crippen molar-refractivity contribution in [2.24, 2.45) is 0 Å². The highest BCUT2D eigenvalue weighted by Gasteiger charge is 2.28. The van der Waals surface area contributed by atoms with Gasteiger partial charge in [0.25, 0.3) is 0 Å². The van der Waals surface area contributed by atoms with E-state index in [1.165, 1.54) is 36.6 Å². The van der Waals surface area contributed by atoms with Gasteiger partial charge in [0.15, 0.2) is 11.5 Å². The highest BCUT2D eigenvalue weighted by molar-refractivity contribution is 6.07. The molecule has 0 amide bonds.